The molecule has 0 aliphatic carbocycles. The minimum atomic E-state index is 0.118. The molecule has 0 amide bonds. The number of benzene rings is 3. The average Bonchev–Trinajstić information content (AvgIpc) is 2.68. The van der Waals surface area contributed by atoms with Gasteiger partial charge < -0.3 is 4.90 Å². The summed E-state index contributed by atoms with van der Waals surface area (Å²) in [5, 5.41) is 1.27. The van der Waals surface area contributed by atoms with Crippen LogP contribution in [0.2, 0.25) is 10.0 Å². The van der Waals surface area contributed by atoms with E-state index in [1.807, 2.05) is 60.7 Å². The molecule has 0 spiro atoms. The summed E-state index contributed by atoms with van der Waals surface area (Å²) in [7, 11) is 0. The van der Waals surface area contributed by atoms with Crippen LogP contribution in [0.4, 0.5) is 11.4 Å². The molecular weight excluding hydrogens is 397 g/mol. The second-order valence-electron chi connectivity index (χ2n) is 6.02. The van der Waals surface area contributed by atoms with E-state index in [2.05, 4.69) is 17.0 Å². The number of carbonyl (C=O) groups excluding carboxylic acids is 1. The first-order chi connectivity index (χ1) is 13.1. The van der Waals surface area contributed by atoms with Gasteiger partial charge in [-0.05, 0) is 35.6 Å². The van der Waals surface area contributed by atoms with Gasteiger partial charge in [-0.25, -0.2) is 0 Å². The Labute approximate surface area is 174 Å². The number of carbonyl (C=O) groups is 1. The van der Waals surface area contributed by atoms with Crippen molar-refractivity contribution in [1.82, 2.24) is 0 Å². The van der Waals surface area contributed by atoms with Crippen molar-refractivity contribution in [3.8, 4) is 0 Å². The molecule has 5 heteroatoms. The lowest BCUT2D eigenvalue weighted by Gasteiger charge is -2.29. The molecule has 3 aromatic rings. The van der Waals surface area contributed by atoms with Crippen LogP contribution in [0.1, 0.15) is 11.1 Å². The van der Waals surface area contributed by atoms with Crippen molar-refractivity contribution in [3.63, 3.8) is 0 Å². The predicted octanol–water partition coefficient (Wildman–Crippen LogP) is 6.76. The first kappa shape index (κ1) is 19.8. The Morgan fingerprint density at radius 1 is 0.889 bits per heavy atom. The maximum Gasteiger partial charge on any atom is 0.193 e. The number of rotatable bonds is 6. The van der Waals surface area contributed by atoms with Crippen LogP contribution in [0.15, 0.2) is 72.8 Å². The molecule has 0 aromatic heterocycles. The van der Waals surface area contributed by atoms with Crippen LogP contribution >= 0.6 is 35.0 Å². The molecule has 0 bridgehead atoms. The SMILES string of the molecule is CSC(=O)Cc1ccccc1N(Cc1ccccc1)c1c(Cl)cccc1Cl. The van der Waals surface area contributed by atoms with Gasteiger partial charge in [0, 0.05) is 18.7 Å². The molecule has 0 radical (unpaired) electrons. The van der Waals surface area contributed by atoms with E-state index in [0.717, 1.165) is 22.5 Å². The van der Waals surface area contributed by atoms with Crippen molar-refractivity contribution >= 4 is 51.5 Å². The van der Waals surface area contributed by atoms with Gasteiger partial charge in [0.05, 0.1) is 15.7 Å². The minimum Gasteiger partial charge on any atom is -0.334 e. The zero-order valence-electron chi connectivity index (χ0n) is 14.9. The van der Waals surface area contributed by atoms with E-state index in [4.69, 9.17) is 23.2 Å². The smallest absolute Gasteiger partial charge is 0.193 e. The van der Waals surface area contributed by atoms with Gasteiger partial charge in [0.1, 0.15) is 0 Å². The van der Waals surface area contributed by atoms with Crippen molar-refractivity contribution < 1.29 is 4.79 Å². The summed E-state index contributed by atoms with van der Waals surface area (Å²) in [6.45, 7) is 0.592. The zero-order chi connectivity index (χ0) is 19.2. The highest BCUT2D eigenvalue weighted by Crippen LogP contribution is 2.40. The molecule has 0 aliphatic rings. The Morgan fingerprint density at radius 2 is 1.52 bits per heavy atom. The Balaban J connectivity index is 2.12. The first-order valence-corrected chi connectivity index (χ1v) is 10.5. The van der Waals surface area contributed by atoms with Gasteiger partial charge in [0.25, 0.3) is 0 Å². The normalized spacial score (nSPS) is 10.6. The fourth-order valence-electron chi connectivity index (χ4n) is 2.95. The highest BCUT2D eigenvalue weighted by Gasteiger charge is 2.20. The third kappa shape index (κ3) is 4.86. The second kappa shape index (κ2) is 9.32. The fraction of sp³-hybridized carbons (Fsp3) is 0.136. The number of nitrogens with zero attached hydrogens (tertiary/aromatic N) is 1. The van der Waals surface area contributed by atoms with Crippen LogP contribution in [-0.4, -0.2) is 11.4 Å². The monoisotopic (exact) mass is 415 g/mol. The number of para-hydroxylation sites is 2. The van der Waals surface area contributed by atoms with E-state index >= 15 is 0 Å². The molecular formula is C22H19Cl2NOS. The summed E-state index contributed by atoms with van der Waals surface area (Å²) >= 11 is 14.3. The van der Waals surface area contributed by atoms with E-state index in [1.165, 1.54) is 11.8 Å². The van der Waals surface area contributed by atoms with Crippen LogP contribution in [0.5, 0.6) is 0 Å². The van der Waals surface area contributed by atoms with Crippen LogP contribution in [-0.2, 0) is 17.8 Å². The van der Waals surface area contributed by atoms with Crippen LogP contribution in [0.3, 0.4) is 0 Å². The maximum absolute atomic E-state index is 12.1. The minimum absolute atomic E-state index is 0.118. The molecule has 0 unspecified atom stereocenters. The Bertz CT molecular complexity index is 910. The number of hydrogen-bond donors (Lipinski definition) is 0. The molecule has 0 heterocycles. The summed E-state index contributed by atoms with van der Waals surface area (Å²) in [4.78, 5) is 14.2. The largest absolute Gasteiger partial charge is 0.334 e. The highest BCUT2D eigenvalue weighted by atomic mass is 35.5. The number of halogens is 2. The summed E-state index contributed by atoms with van der Waals surface area (Å²) in [6, 6.07) is 23.5. The van der Waals surface area contributed by atoms with Crippen LogP contribution < -0.4 is 4.90 Å². The van der Waals surface area contributed by atoms with Gasteiger partial charge in [-0.3, -0.25) is 4.79 Å². The van der Waals surface area contributed by atoms with Crippen molar-refractivity contribution in [2.24, 2.45) is 0 Å². The molecule has 0 saturated carbocycles. The topological polar surface area (TPSA) is 20.3 Å². The average molecular weight is 416 g/mol. The summed E-state index contributed by atoms with van der Waals surface area (Å²) in [5.41, 5.74) is 3.75. The molecule has 0 aliphatic heterocycles. The van der Waals surface area contributed by atoms with E-state index in [9.17, 15) is 4.79 Å². The zero-order valence-corrected chi connectivity index (χ0v) is 17.2. The van der Waals surface area contributed by atoms with Gasteiger partial charge in [-0.2, -0.15) is 0 Å². The maximum atomic E-state index is 12.1. The molecule has 27 heavy (non-hydrogen) atoms. The van der Waals surface area contributed by atoms with Gasteiger partial charge >= 0.3 is 0 Å². The van der Waals surface area contributed by atoms with Crippen molar-refractivity contribution in [1.29, 1.82) is 0 Å². The molecule has 0 fully saturated rings. The molecule has 3 aromatic carbocycles. The third-order valence-corrected chi connectivity index (χ3v) is 5.45. The second-order valence-corrected chi connectivity index (χ2v) is 7.70. The van der Waals surface area contributed by atoms with Crippen LogP contribution in [0, 0.1) is 0 Å². The molecule has 3 rings (SSSR count). The van der Waals surface area contributed by atoms with E-state index < -0.39 is 0 Å². The van der Waals surface area contributed by atoms with Gasteiger partial charge in [0.2, 0.25) is 0 Å². The predicted molar refractivity (Wildman–Crippen MR) is 117 cm³/mol. The number of anilines is 2. The summed E-state index contributed by atoms with van der Waals surface area (Å²) in [5.74, 6) is 0. The van der Waals surface area contributed by atoms with E-state index in [-0.39, 0.29) is 5.12 Å². The van der Waals surface area contributed by atoms with Gasteiger partial charge in [-0.15, -0.1) is 0 Å². The lowest BCUT2D eigenvalue weighted by molar-refractivity contribution is -0.110. The molecule has 2 nitrogen and oxygen atoms in total. The van der Waals surface area contributed by atoms with Gasteiger partial charge in [0.15, 0.2) is 5.12 Å². The lowest BCUT2D eigenvalue weighted by Crippen LogP contribution is -2.19. The van der Waals surface area contributed by atoms with Crippen LogP contribution in [0.25, 0.3) is 0 Å². The summed E-state index contributed by atoms with van der Waals surface area (Å²) in [6.07, 6.45) is 2.16. The Hall–Kier alpha value is -1.94. The number of thioether (sulfide) groups is 1. The van der Waals surface area contributed by atoms with Crippen molar-refractivity contribution in [2.45, 2.75) is 13.0 Å². The van der Waals surface area contributed by atoms with Crippen molar-refractivity contribution in [2.75, 3.05) is 11.2 Å². The molecule has 138 valence electrons. The first-order valence-electron chi connectivity index (χ1n) is 8.50. The van der Waals surface area contributed by atoms with Gasteiger partial charge in [-0.1, -0.05) is 89.6 Å². The third-order valence-electron chi connectivity index (χ3n) is 4.24. The fourth-order valence-corrected chi connectivity index (χ4v) is 3.85. The highest BCUT2D eigenvalue weighted by molar-refractivity contribution is 8.13. The molecule has 0 atom stereocenters. The Kier molecular flexibility index (Phi) is 6.84. The standard InChI is InChI=1S/C22H19Cl2NOS/c1-27-21(26)14-17-10-5-6-13-20(17)25(15-16-8-3-2-4-9-16)22-18(23)11-7-12-19(22)24/h2-13H,14-15H2,1H3. The summed E-state index contributed by atoms with van der Waals surface area (Å²) < 4.78 is 0. The molecule has 0 N–H and O–H groups in total. The number of hydrogen-bond acceptors (Lipinski definition) is 3. The van der Waals surface area contributed by atoms with E-state index in [1.54, 1.807) is 6.26 Å². The lowest BCUT2D eigenvalue weighted by atomic mass is 10.1. The van der Waals surface area contributed by atoms with E-state index in [0.29, 0.717) is 23.0 Å². The molecule has 0 saturated heterocycles. The quantitative estimate of drug-likeness (QED) is 0.443. The van der Waals surface area contributed by atoms with Crippen molar-refractivity contribution in [3.05, 3.63) is 94.0 Å². The Morgan fingerprint density at radius 3 is 2.19 bits per heavy atom.